The Morgan fingerprint density at radius 1 is 1.15 bits per heavy atom. The third-order valence-electron chi connectivity index (χ3n) is 3.92. The van der Waals surface area contributed by atoms with E-state index in [1.165, 1.54) is 43.2 Å². The summed E-state index contributed by atoms with van der Waals surface area (Å²) >= 11 is 0. The summed E-state index contributed by atoms with van der Waals surface area (Å²) in [5.74, 6) is 0.595. The first-order valence-electron chi connectivity index (χ1n) is 7.89. The monoisotopic (exact) mass is 269 g/mol. The van der Waals surface area contributed by atoms with E-state index in [9.17, 15) is 0 Å². The highest BCUT2D eigenvalue weighted by Crippen LogP contribution is 2.21. The normalized spacial score (nSPS) is 16.8. The predicted octanol–water partition coefficient (Wildman–Crippen LogP) is 5.25. The van der Waals surface area contributed by atoms with Crippen molar-refractivity contribution in [1.82, 2.24) is 5.32 Å². The third-order valence-corrected chi connectivity index (χ3v) is 3.92. The minimum Gasteiger partial charge on any atom is -0.382 e. The van der Waals surface area contributed by atoms with Crippen molar-refractivity contribution in [2.45, 2.75) is 52.0 Å². The lowest BCUT2D eigenvalue weighted by atomic mass is 9.95. The van der Waals surface area contributed by atoms with E-state index in [0.29, 0.717) is 12.0 Å². The first-order chi connectivity index (χ1) is 9.65. The zero-order valence-electron chi connectivity index (χ0n) is 12.9. The zero-order valence-corrected chi connectivity index (χ0v) is 12.9. The average molecular weight is 269 g/mol. The van der Waals surface area contributed by atoms with Gasteiger partial charge in [0.1, 0.15) is 0 Å². The van der Waals surface area contributed by atoms with Gasteiger partial charge < -0.3 is 5.32 Å². The van der Waals surface area contributed by atoms with E-state index < -0.39 is 0 Å². The van der Waals surface area contributed by atoms with Crippen LogP contribution in [-0.2, 0) is 0 Å². The lowest BCUT2D eigenvalue weighted by Crippen LogP contribution is -2.29. The maximum Gasteiger partial charge on any atom is 0.0342 e. The van der Waals surface area contributed by atoms with E-state index >= 15 is 0 Å². The van der Waals surface area contributed by atoms with Gasteiger partial charge in [-0.05, 0) is 29.9 Å². The van der Waals surface area contributed by atoms with Gasteiger partial charge in [-0.15, -0.1) is 0 Å². The molecule has 1 aromatic carbocycles. The third kappa shape index (κ3) is 4.56. The zero-order chi connectivity index (χ0) is 14.4. The van der Waals surface area contributed by atoms with Crippen LogP contribution < -0.4 is 5.32 Å². The second-order valence-electron chi connectivity index (χ2n) is 6.18. The van der Waals surface area contributed by atoms with Crippen LogP contribution >= 0.6 is 0 Å². The molecule has 0 heterocycles. The molecule has 0 spiro atoms. The van der Waals surface area contributed by atoms with Crippen LogP contribution in [0.2, 0.25) is 0 Å². The summed E-state index contributed by atoms with van der Waals surface area (Å²) < 4.78 is 0. The Bertz CT molecular complexity index is 447. The molecule has 1 aromatic rings. The average Bonchev–Trinajstić information content (AvgIpc) is 2.46. The van der Waals surface area contributed by atoms with Gasteiger partial charge in [0.25, 0.3) is 0 Å². The van der Waals surface area contributed by atoms with Gasteiger partial charge in [-0.1, -0.05) is 76.1 Å². The predicted molar refractivity (Wildman–Crippen MR) is 89.4 cm³/mol. The Morgan fingerprint density at radius 3 is 2.40 bits per heavy atom. The van der Waals surface area contributed by atoms with Crippen LogP contribution in [0.3, 0.4) is 0 Å². The number of allylic oxidation sites excluding steroid dienone is 1. The minimum atomic E-state index is 0.595. The summed E-state index contributed by atoms with van der Waals surface area (Å²) in [6.07, 6.45) is 11.1. The van der Waals surface area contributed by atoms with E-state index in [2.05, 4.69) is 62.2 Å². The molecule has 1 N–H and O–H groups in total. The Hall–Kier alpha value is -1.50. The molecule has 0 unspecified atom stereocenters. The van der Waals surface area contributed by atoms with Gasteiger partial charge in [0.05, 0.1) is 0 Å². The highest BCUT2D eigenvalue weighted by Gasteiger charge is 2.13. The van der Waals surface area contributed by atoms with Crippen LogP contribution in [0.1, 0.15) is 57.1 Å². The molecule has 1 nitrogen and oxygen atoms in total. The van der Waals surface area contributed by atoms with Gasteiger partial charge in [0, 0.05) is 11.7 Å². The van der Waals surface area contributed by atoms with Gasteiger partial charge in [0.2, 0.25) is 0 Å². The fourth-order valence-corrected chi connectivity index (χ4v) is 2.68. The van der Waals surface area contributed by atoms with Crippen LogP contribution in [0.5, 0.6) is 0 Å². The van der Waals surface area contributed by atoms with Crippen LogP contribution in [-0.4, -0.2) is 6.04 Å². The summed E-state index contributed by atoms with van der Waals surface area (Å²) in [5.41, 5.74) is 3.53. The van der Waals surface area contributed by atoms with E-state index in [0.717, 1.165) is 5.70 Å². The number of hydrogen-bond acceptors (Lipinski definition) is 1. The molecule has 0 bridgehead atoms. The largest absolute Gasteiger partial charge is 0.382 e. The lowest BCUT2D eigenvalue weighted by molar-refractivity contribution is 0.409. The van der Waals surface area contributed by atoms with E-state index in [-0.39, 0.29) is 0 Å². The SMILES string of the molecule is C=C(NC1CCCCC1)c1ccc(/C=C/C(C)C)cc1. The molecule has 0 amide bonds. The molecular weight excluding hydrogens is 242 g/mol. The highest BCUT2D eigenvalue weighted by atomic mass is 14.9. The van der Waals surface area contributed by atoms with E-state index in [1.807, 2.05) is 0 Å². The quantitative estimate of drug-likeness (QED) is 0.770. The molecular formula is C19H27N. The molecule has 2 rings (SSSR count). The number of hydrogen-bond donors (Lipinski definition) is 1. The number of rotatable bonds is 5. The van der Waals surface area contributed by atoms with Gasteiger partial charge in [-0.3, -0.25) is 0 Å². The molecule has 0 saturated heterocycles. The van der Waals surface area contributed by atoms with Crippen molar-refractivity contribution in [3.05, 3.63) is 48.0 Å². The Balaban J connectivity index is 1.93. The van der Waals surface area contributed by atoms with Crippen molar-refractivity contribution < 1.29 is 0 Å². The Morgan fingerprint density at radius 2 is 1.80 bits per heavy atom. The van der Waals surface area contributed by atoms with Gasteiger partial charge in [-0.25, -0.2) is 0 Å². The maximum atomic E-state index is 4.19. The molecule has 1 aliphatic rings. The second kappa shape index (κ2) is 7.33. The fourth-order valence-electron chi connectivity index (χ4n) is 2.68. The summed E-state index contributed by atoms with van der Waals surface area (Å²) in [4.78, 5) is 0. The molecule has 1 saturated carbocycles. The molecule has 108 valence electrons. The molecule has 1 heteroatoms. The molecule has 1 aliphatic carbocycles. The summed E-state index contributed by atoms with van der Waals surface area (Å²) in [5, 5.41) is 3.59. The molecule has 0 aromatic heterocycles. The van der Waals surface area contributed by atoms with Gasteiger partial charge >= 0.3 is 0 Å². The maximum absolute atomic E-state index is 4.19. The van der Waals surface area contributed by atoms with Crippen LogP contribution in [0.15, 0.2) is 36.9 Å². The van der Waals surface area contributed by atoms with Crippen LogP contribution in [0.25, 0.3) is 11.8 Å². The van der Waals surface area contributed by atoms with Crippen LogP contribution in [0.4, 0.5) is 0 Å². The highest BCUT2D eigenvalue weighted by molar-refractivity contribution is 5.64. The van der Waals surface area contributed by atoms with Gasteiger partial charge in [0.15, 0.2) is 0 Å². The van der Waals surface area contributed by atoms with E-state index in [4.69, 9.17) is 0 Å². The van der Waals surface area contributed by atoms with Crippen molar-refractivity contribution >= 4 is 11.8 Å². The van der Waals surface area contributed by atoms with Crippen molar-refractivity contribution in [2.75, 3.05) is 0 Å². The molecule has 1 fully saturated rings. The Labute approximate surface area is 123 Å². The van der Waals surface area contributed by atoms with Crippen molar-refractivity contribution in [1.29, 1.82) is 0 Å². The van der Waals surface area contributed by atoms with Crippen molar-refractivity contribution in [2.24, 2.45) is 5.92 Å². The molecule has 20 heavy (non-hydrogen) atoms. The topological polar surface area (TPSA) is 12.0 Å². The smallest absolute Gasteiger partial charge is 0.0342 e. The minimum absolute atomic E-state index is 0.595. The summed E-state index contributed by atoms with van der Waals surface area (Å²) in [6, 6.07) is 9.29. The first-order valence-corrected chi connectivity index (χ1v) is 7.89. The lowest BCUT2D eigenvalue weighted by Gasteiger charge is -2.25. The fraction of sp³-hybridized carbons (Fsp3) is 0.474. The van der Waals surface area contributed by atoms with Crippen molar-refractivity contribution in [3.8, 4) is 0 Å². The number of benzene rings is 1. The molecule has 0 radical (unpaired) electrons. The Kier molecular flexibility index (Phi) is 5.46. The van der Waals surface area contributed by atoms with E-state index in [1.54, 1.807) is 0 Å². The van der Waals surface area contributed by atoms with Gasteiger partial charge in [-0.2, -0.15) is 0 Å². The van der Waals surface area contributed by atoms with Crippen molar-refractivity contribution in [3.63, 3.8) is 0 Å². The second-order valence-corrected chi connectivity index (χ2v) is 6.18. The summed E-state index contributed by atoms with van der Waals surface area (Å²) in [6.45, 7) is 8.58. The standard InChI is InChI=1S/C19H27N/c1-15(2)9-10-17-11-13-18(14-12-17)16(3)20-19-7-5-4-6-8-19/h9-15,19-20H,3-8H2,1-2H3/b10-9+. The summed E-state index contributed by atoms with van der Waals surface area (Å²) in [7, 11) is 0. The first kappa shape index (κ1) is 14.9. The molecule has 0 atom stereocenters. The van der Waals surface area contributed by atoms with Crippen LogP contribution in [0, 0.1) is 5.92 Å². The molecule has 0 aliphatic heterocycles. The number of nitrogens with one attached hydrogen (secondary N) is 1.